The molecule has 2 fully saturated rings. The van der Waals surface area contributed by atoms with Gasteiger partial charge in [-0.3, -0.25) is 4.79 Å². The Bertz CT molecular complexity index is 655. The van der Waals surface area contributed by atoms with Crippen LogP contribution >= 0.6 is 0 Å². The van der Waals surface area contributed by atoms with Crippen molar-refractivity contribution in [2.45, 2.75) is 84.7 Å². The molecule has 0 amide bonds. The van der Waals surface area contributed by atoms with E-state index in [1.165, 1.54) is 24.8 Å². The monoisotopic (exact) mass is 342 g/mol. The molecule has 0 aliphatic heterocycles. The number of carbonyl (C=O) groups excluding carboxylic acids is 1. The van der Waals surface area contributed by atoms with Gasteiger partial charge in [0.2, 0.25) is 0 Å². The van der Waals surface area contributed by atoms with Gasteiger partial charge in [-0.15, -0.1) is 0 Å². The van der Waals surface area contributed by atoms with Gasteiger partial charge in [0.1, 0.15) is 0 Å². The van der Waals surface area contributed by atoms with Gasteiger partial charge in [0.05, 0.1) is 5.60 Å². The lowest BCUT2D eigenvalue weighted by Gasteiger charge is -2.58. The van der Waals surface area contributed by atoms with E-state index < -0.39 is 5.60 Å². The Morgan fingerprint density at radius 1 is 1.28 bits per heavy atom. The third-order valence-corrected chi connectivity index (χ3v) is 8.96. The number of carbonyl (C=O) groups is 1. The molecule has 0 heterocycles. The van der Waals surface area contributed by atoms with E-state index in [0.29, 0.717) is 30.0 Å². The molecule has 0 radical (unpaired) electrons. The SMILES string of the molecule is CCC(C)(O)[C@@]12CC=C3C(CCC4=CC(=O)CC[C@@]43C)C1CC[C@@H]2C. The smallest absolute Gasteiger partial charge is 0.155 e. The van der Waals surface area contributed by atoms with Crippen molar-refractivity contribution >= 4 is 5.78 Å². The molecular formula is C23H34O2. The molecule has 4 rings (SSSR count). The Labute approximate surface area is 152 Å². The van der Waals surface area contributed by atoms with Gasteiger partial charge in [-0.1, -0.05) is 38.0 Å². The van der Waals surface area contributed by atoms with Crippen molar-refractivity contribution in [3.8, 4) is 0 Å². The van der Waals surface area contributed by atoms with E-state index in [4.69, 9.17) is 0 Å². The minimum Gasteiger partial charge on any atom is -0.390 e. The van der Waals surface area contributed by atoms with Gasteiger partial charge in [0, 0.05) is 17.3 Å². The number of hydrogen-bond acceptors (Lipinski definition) is 2. The van der Waals surface area contributed by atoms with Crippen molar-refractivity contribution in [1.29, 1.82) is 0 Å². The summed E-state index contributed by atoms with van der Waals surface area (Å²) in [6, 6.07) is 0. The van der Waals surface area contributed by atoms with Gasteiger partial charge in [-0.05, 0) is 75.7 Å². The van der Waals surface area contributed by atoms with Crippen LogP contribution in [0.5, 0.6) is 0 Å². The number of aliphatic hydroxyl groups is 1. The van der Waals surface area contributed by atoms with Crippen LogP contribution < -0.4 is 0 Å². The molecular weight excluding hydrogens is 308 g/mol. The highest BCUT2D eigenvalue weighted by atomic mass is 16.3. The number of fused-ring (bicyclic) bond motifs is 5. The highest BCUT2D eigenvalue weighted by molar-refractivity contribution is 5.92. The summed E-state index contributed by atoms with van der Waals surface area (Å²) in [6.07, 6.45) is 12.7. The Kier molecular flexibility index (Phi) is 3.89. The first kappa shape index (κ1) is 17.5. The van der Waals surface area contributed by atoms with E-state index in [9.17, 15) is 9.90 Å². The van der Waals surface area contributed by atoms with E-state index >= 15 is 0 Å². The summed E-state index contributed by atoms with van der Waals surface area (Å²) >= 11 is 0. The summed E-state index contributed by atoms with van der Waals surface area (Å²) in [6.45, 7) is 8.99. The summed E-state index contributed by atoms with van der Waals surface area (Å²) in [4.78, 5) is 11.9. The highest BCUT2D eigenvalue weighted by Gasteiger charge is 2.62. The van der Waals surface area contributed by atoms with Gasteiger partial charge in [0.15, 0.2) is 5.78 Å². The van der Waals surface area contributed by atoms with Crippen molar-refractivity contribution in [3.63, 3.8) is 0 Å². The van der Waals surface area contributed by atoms with E-state index in [1.807, 2.05) is 6.08 Å². The molecule has 2 heteroatoms. The minimum atomic E-state index is -0.588. The number of rotatable bonds is 2. The quantitative estimate of drug-likeness (QED) is 0.699. The zero-order valence-electron chi connectivity index (χ0n) is 16.4. The molecule has 0 aromatic carbocycles. The Hall–Kier alpha value is -0.890. The lowest BCUT2D eigenvalue weighted by molar-refractivity contribution is -0.131. The predicted octanol–water partition coefficient (Wildman–Crippen LogP) is 5.22. The first-order chi connectivity index (χ1) is 11.8. The average molecular weight is 343 g/mol. The zero-order valence-corrected chi connectivity index (χ0v) is 16.4. The molecule has 1 N–H and O–H groups in total. The minimum absolute atomic E-state index is 0.0397. The molecule has 4 aliphatic carbocycles. The number of ketones is 1. The second-order valence-electron chi connectivity index (χ2n) is 9.73. The van der Waals surface area contributed by atoms with Crippen LogP contribution in [0.4, 0.5) is 0 Å². The van der Waals surface area contributed by atoms with Crippen molar-refractivity contribution in [2.24, 2.45) is 28.6 Å². The molecule has 138 valence electrons. The molecule has 6 atom stereocenters. The fraction of sp³-hybridized carbons (Fsp3) is 0.783. The fourth-order valence-corrected chi connectivity index (χ4v) is 7.29. The second kappa shape index (κ2) is 5.55. The molecule has 2 saturated carbocycles. The van der Waals surface area contributed by atoms with Crippen LogP contribution in [-0.2, 0) is 4.79 Å². The molecule has 0 bridgehead atoms. The zero-order chi connectivity index (χ0) is 18.0. The topological polar surface area (TPSA) is 37.3 Å². The normalized spacial score (nSPS) is 45.6. The van der Waals surface area contributed by atoms with Crippen molar-refractivity contribution in [3.05, 3.63) is 23.3 Å². The maximum atomic E-state index is 11.9. The number of allylic oxidation sites excluding steroid dienone is 4. The first-order valence-corrected chi connectivity index (χ1v) is 10.4. The third-order valence-electron chi connectivity index (χ3n) is 8.96. The first-order valence-electron chi connectivity index (χ1n) is 10.4. The number of hydrogen-bond donors (Lipinski definition) is 1. The molecule has 25 heavy (non-hydrogen) atoms. The molecule has 0 aromatic rings. The van der Waals surface area contributed by atoms with Crippen molar-refractivity contribution in [1.82, 2.24) is 0 Å². The molecule has 2 nitrogen and oxygen atoms in total. The maximum Gasteiger partial charge on any atom is 0.155 e. The Balaban J connectivity index is 1.80. The van der Waals surface area contributed by atoms with Gasteiger partial charge in [-0.2, -0.15) is 0 Å². The highest BCUT2D eigenvalue weighted by Crippen LogP contribution is 2.67. The van der Waals surface area contributed by atoms with Gasteiger partial charge in [0.25, 0.3) is 0 Å². The van der Waals surface area contributed by atoms with Crippen LogP contribution in [0.25, 0.3) is 0 Å². The standard InChI is InChI=1S/C23H34O2/c1-5-22(4,25)23-13-11-19-18(20(23)9-6-15(23)2)8-7-16-14-17(24)10-12-21(16,19)3/h11,14-15,18,20,25H,5-10,12-13H2,1-4H3/t15-,18?,20?,21-,22?,23+/m0/s1. The van der Waals surface area contributed by atoms with Crippen LogP contribution in [-0.4, -0.2) is 16.5 Å². The van der Waals surface area contributed by atoms with Crippen molar-refractivity contribution < 1.29 is 9.90 Å². The van der Waals surface area contributed by atoms with Crippen LogP contribution in [0, 0.1) is 28.6 Å². The average Bonchev–Trinajstić information content (AvgIpc) is 2.94. The molecule has 0 spiro atoms. The molecule has 4 aliphatic rings. The summed E-state index contributed by atoms with van der Waals surface area (Å²) < 4.78 is 0. The molecule has 0 aromatic heterocycles. The largest absolute Gasteiger partial charge is 0.390 e. The van der Waals surface area contributed by atoms with E-state index in [-0.39, 0.29) is 10.8 Å². The Morgan fingerprint density at radius 2 is 2.04 bits per heavy atom. The Morgan fingerprint density at radius 3 is 2.76 bits per heavy atom. The van der Waals surface area contributed by atoms with Gasteiger partial charge < -0.3 is 5.11 Å². The van der Waals surface area contributed by atoms with Crippen LogP contribution in [0.1, 0.15) is 79.1 Å². The summed E-state index contributed by atoms with van der Waals surface area (Å²) in [5.41, 5.74) is 2.55. The molecule has 3 unspecified atom stereocenters. The van der Waals surface area contributed by atoms with E-state index in [1.54, 1.807) is 5.57 Å². The third kappa shape index (κ3) is 2.16. The van der Waals surface area contributed by atoms with Gasteiger partial charge in [-0.25, -0.2) is 0 Å². The van der Waals surface area contributed by atoms with Crippen LogP contribution in [0.3, 0.4) is 0 Å². The van der Waals surface area contributed by atoms with E-state index in [0.717, 1.165) is 25.7 Å². The summed E-state index contributed by atoms with van der Waals surface area (Å²) in [7, 11) is 0. The van der Waals surface area contributed by atoms with Crippen LogP contribution in [0.2, 0.25) is 0 Å². The maximum absolute atomic E-state index is 11.9. The second-order valence-corrected chi connectivity index (χ2v) is 9.73. The van der Waals surface area contributed by atoms with Crippen LogP contribution in [0.15, 0.2) is 23.3 Å². The predicted molar refractivity (Wildman–Crippen MR) is 101 cm³/mol. The lowest BCUT2D eigenvalue weighted by Crippen LogP contribution is -2.56. The lowest BCUT2D eigenvalue weighted by atomic mass is 9.47. The van der Waals surface area contributed by atoms with E-state index in [2.05, 4.69) is 33.8 Å². The fourth-order valence-electron chi connectivity index (χ4n) is 7.29. The summed E-state index contributed by atoms with van der Waals surface area (Å²) in [5, 5.41) is 11.4. The summed E-state index contributed by atoms with van der Waals surface area (Å²) in [5.74, 6) is 2.11. The molecule has 0 saturated heterocycles. The van der Waals surface area contributed by atoms with Crippen molar-refractivity contribution in [2.75, 3.05) is 0 Å². The van der Waals surface area contributed by atoms with Gasteiger partial charge >= 0.3 is 0 Å².